The zero-order valence-corrected chi connectivity index (χ0v) is 15.5. The van der Waals surface area contributed by atoms with Gasteiger partial charge in [-0.2, -0.15) is 5.10 Å². The molecule has 0 atom stereocenters. The van der Waals surface area contributed by atoms with Crippen LogP contribution < -0.4 is 5.32 Å². The monoisotopic (exact) mass is 388 g/mol. The molecule has 1 amide bonds. The van der Waals surface area contributed by atoms with Gasteiger partial charge in [-0.05, 0) is 23.3 Å². The van der Waals surface area contributed by atoms with Gasteiger partial charge in [0.25, 0.3) is 0 Å². The summed E-state index contributed by atoms with van der Waals surface area (Å²) in [6, 6.07) is 11.3. The lowest BCUT2D eigenvalue weighted by atomic mass is 10.1. The molecule has 2 heterocycles. The summed E-state index contributed by atoms with van der Waals surface area (Å²) in [4.78, 5) is 28.4. The largest absolute Gasteiger partial charge is 0.352 e. The lowest BCUT2D eigenvalue weighted by molar-refractivity contribution is -0.121. The number of carbonyl (C=O) groups is 2. The molecule has 1 aromatic carbocycles. The van der Waals surface area contributed by atoms with Crippen molar-refractivity contribution in [1.29, 1.82) is 0 Å². The number of ketones is 1. The van der Waals surface area contributed by atoms with E-state index in [1.807, 2.05) is 24.3 Å². The number of rotatable bonds is 8. The molecule has 0 saturated carbocycles. The molecule has 6 nitrogen and oxygen atoms in total. The third-order valence-electron chi connectivity index (χ3n) is 3.75. The van der Waals surface area contributed by atoms with E-state index in [-0.39, 0.29) is 24.5 Å². The van der Waals surface area contributed by atoms with Crippen LogP contribution in [0.1, 0.15) is 33.6 Å². The second-order valence-corrected chi connectivity index (χ2v) is 7.43. The summed E-state index contributed by atoms with van der Waals surface area (Å²) < 4.78 is 2.32. The predicted octanol–water partition coefficient (Wildman–Crippen LogP) is 3.32. The highest BCUT2D eigenvalue weighted by Gasteiger charge is 2.11. The molecule has 0 bridgehead atoms. The van der Waals surface area contributed by atoms with E-state index in [0.29, 0.717) is 22.3 Å². The van der Waals surface area contributed by atoms with Crippen LogP contribution in [0.2, 0.25) is 4.34 Å². The first-order valence-electron chi connectivity index (χ1n) is 8.05. The highest BCUT2D eigenvalue weighted by atomic mass is 35.5. The lowest BCUT2D eigenvalue weighted by Gasteiger charge is -2.06. The molecule has 0 saturated heterocycles. The van der Waals surface area contributed by atoms with Crippen LogP contribution in [0.25, 0.3) is 0 Å². The van der Waals surface area contributed by atoms with E-state index in [1.165, 1.54) is 17.7 Å². The van der Waals surface area contributed by atoms with E-state index in [2.05, 4.69) is 15.4 Å². The average molecular weight is 389 g/mol. The van der Waals surface area contributed by atoms with Crippen molar-refractivity contribution >= 4 is 34.6 Å². The highest BCUT2D eigenvalue weighted by molar-refractivity contribution is 7.18. The summed E-state index contributed by atoms with van der Waals surface area (Å²) in [6.07, 6.45) is 3.51. The van der Waals surface area contributed by atoms with Crippen LogP contribution in [0.15, 0.2) is 49.1 Å². The van der Waals surface area contributed by atoms with Crippen LogP contribution in [-0.2, 0) is 17.9 Å². The Balaban J connectivity index is 1.42. The fourth-order valence-electron chi connectivity index (χ4n) is 2.37. The molecule has 26 heavy (non-hydrogen) atoms. The van der Waals surface area contributed by atoms with Gasteiger partial charge in [-0.25, -0.2) is 9.67 Å². The van der Waals surface area contributed by atoms with Gasteiger partial charge in [0, 0.05) is 19.4 Å². The lowest BCUT2D eigenvalue weighted by Crippen LogP contribution is -2.23. The number of thiophene rings is 1. The van der Waals surface area contributed by atoms with Gasteiger partial charge in [0.1, 0.15) is 12.7 Å². The molecule has 0 radical (unpaired) electrons. The molecule has 0 fully saturated rings. The fourth-order valence-corrected chi connectivity index (χ4v) is 3.38. The highest BCUT2D eigenvalue weighted by Crippen LogP contribution is 2.22. The van der Waals surface area contributed by atoms with Crippen molar-refractivity contribution in [2.24, 2.45) is 0 Å². The Morgan fingerprint density at radius 2 is 1.85 bits per heavy atom. The molecule has 0 aliphatic rings. The van der Waals surface area contributed by atoms with Gasteiger partial charge in [-0.15, -0.1) is 11.3 Å². The maximum absolute atomic E-state index is 12.0. The van der Waals surface area contributed by atoms with Crippen LogP contribution in [-0.4, -0.2) is 26.5 Å². The Labute approximate surface area is 159 Å². The van der Waals surface area contributed by atoms with Crippen LogP contribution in [0, 0.1) is 0 Å². The van der Waals surface area contributed by atoms with Crippen molar-refractivity contribution < 1.29 is 9.59 Å². The van der Waals surface area contributed by atoms with Gasteiger partial charge in [-0.3, -0.25) is 9.59 Å². The zero-order chi connectivity index (χ0) is 18.4. The van der Waals surface area contributed by atoms with Crippen molar-refractivity contribution in [3.8, 4) is 0 Å². The minimum Gasteiger partial charge on any atom is -0.352 e. The van der Waals surface area contributed by atoms with E-state index < -0.39 is 0 Å². The maximum atomic E-state index is 12.0. The summed E-state index contributed by atoms with van der Waals surface area (Å²) in [5.41, 5.74) is 2.10. The first kappa shape index (κ1) is 18.3. The Bertz CT molecular complexity index is 875. The molecule has 0 unspecified atom stereocenters. The molecule has 1 N–H and O–H groups in total. The maximum Gasteiger partial charge on any atom is 0.220 e. The molecule has 0 aliphatic carbocycles. The summed E-state index contributed by atoms with van der Waals surface area (Å²) in [6.45, 7) is 1.09. The van der Waals surface area contributed by atoms with E-state index in [1.54, 1.807) is 23.1 Å². The van der Waals surface area contributed by atoms with Crippen molar-refractivity contribution in [1.82, 2.24) is 20.1 Å². The third-order valence-corrected chi connectivity index (χ3v) is 5.02. The molecule has 134 valence electrons. The third kappa shape index (κ3) is 5.24. The zero-order valence-electron chi connectivity index (χ0n) is 13.9. The van der Waals surface area contributed by atoms with Crippen LogP contribution >= 0.6 is 22.9 Å². The van der Waals surface area contributed by atoms with Crippen molar-refractivity contribution in [2.45, 2.75) is 25.9 Å². The summed E-state index contributed by atoms with van der Waals surface area (Å²) in [5.74, 6) is -0.206. The van der Waals surface area contributed by atoms with Gasteiger partial charge >= 0.3 is 0 Å². The number of benzene rings is 1. The first-order valence-corrected chi connectivity index (χ1v) is 9.25. The van der Waals surface area contributed by atoms with Crippen LogP contribution in [0.5, 0.6) is 0 Å². The molecule has 3 aromatic rings. The normalized spacial score (nSPS) is 10.7. The smallest absolute Gasteiger partial charge is 0.220 e. The minimum atomic E-state index is -0.146. The quantitative estimate of drug-likeness (QED) is 0.600. The number of aromatic nitrogens is 3. The predicted molar refractivity (Wildman–Crippen MR) is 100 cm³/mol. The van der Waals surface area contributed by atoms with E-state index >= 15 is 0 Å². The summed E-state index contributed by atoms with van der Waals surface area (Å²) in [5, 5.41) is 6.90. The fraction of sp³-hybridized carbons (Fsp3) is 0.222. The first-order chi connectivity index (χ1) is 12.6. The van der Waals surface area contributed by atoms with Crippen molar-refractivity contribution in [3.05, 3.63) is 69.4 Å². The number of Topliss-reactive ketones (excluding diaryl/α,β-unsaturated/α-hetero) is 1. The Hall–Kier alpha value is -2.51. The topological polar surface area (TPSA) is 76.9 Å². The van der Waals surface area contributed by atoms with E-state index in [4.69, 9.17) is 11.6 Å². The summed E-state index contributed by atoms with van der Waals surface area (Å²) in [7, 11) is 0. The molecular weight excluding hydrogens is 372 g/mol. The van der Waals surface area contributed by atoms with Gasteiger partial charge in [0.2, 0.25) is 5.91 Å². The molecule has 3 rings (SSSR count). The Kier molecular flexibility index (Phi) is 6.14. The van der Waals surface area contributed by atoms with Crippen LogP contribution in [0.3, 0.4) is 0 Å². The second-order valence-electron chi connectivity index (χ2n) is 5.71. The SMILES string of the molecule is O=C(CCC(=O)c1ccc(Cl)s1)NCc1ccc(Cn2cncn2)cc1. The number of hydrogen-bond acceptors (Lipinski definition) is 5. The number of hydrogen-bond donors (Lipinski definition) is 1. The van der Waals surface area contributed by atoms with Gasteiger partial charge < -0.3 is 5.32 Å². The Morgan fingerprint density at radius 3 is 2.50 bits per heavy atom. The number of halogens is 1. The van der Waals surface area contributed by atoms with Gasteiger partial charge in [0.15, 0.2) is 5.78 Å². The molecule has 2 aromatic heterocycles. The van der Waals surface area contributed by atoms with Crippen molar-refractivity contribution in [2.75, 3.05) is 0 Å². The number of amides is 1. The van der Waals surface area contributed by atoms with E-state index in [0.717, 1.165) is 11.1 Å². The Morgan fingerprint density at radius 1 is 1.08 bits per heavy atom. The van der Waals surface area contributed by atoms with Crippen molar-refractivity contribution in [3.63, 3.8) is 0 Å². The molecule has 0 spiro atoms. The van der Waals surface area contributed by atoms with Crippen LogP contribution in [0.4, 0.5) is 0 Å². The average Bonchev–Trinajstić information content (AvgIpc) is 3.31. The number of nitrogens with one attached hydrogen (secondary N) is 1. The summed E-state index contributed by atoms with van der Waals surface area (Å²) >= 11 is 7.05. The second kappa shape index (κ2) is 8.73. The van der Waals surface area contributed by atoms with Gasteiger partial charge in [0.05, 0.1) is 15.8 Å². The van der Waals surface area contributed by atoms with Gasteiger partial charge in [-0.1, -0.05) is 35.9 Å². The molecule has 8 heteroatoms. The number of carbonyl (C=O) groups excluding carboxylic acids is 2. The minimum absolute atomic E-state index is 0.0606. The standard InChI is InChI=1S/C18H17ClN4O2S/c19-17-7-6-16(26-17)15(24)5-8-18(25)21-9-13-1-3-14(4-2-13)10-23-12-20-11-22-23/h1-4,6-7,11-12H,5,8-10H2,(H,21,25). The molecule has 0 aliphatic heterocycles. The molecular formula is C18H17ClN4O2S. The number of nitrogens with zero attached hydrogens (tertiary/aromatic N) is 3. The van der Waals surface area contributed by atoms with E-state index in [9.17, 15) is 9.59 Å².